The third-order valence-corrected chi connectivity index (χ3v) is 4.73. The summed E-state index contributed by atoms with van der Waals surface area (Å²) in [4.78, 5) is 26.2. The van der Waals surface area contributed by atoms with Crippen molar-refractivity contribution in [2.24, 2.45) is 0 Å². The lowest BCUT2D eigenvalue weighted by Gasteiger charge is -2.31. The average Bonchev–Trinajstić information content (AvgIpc) is 2.72. The van der Waals surface area contributed by atoms with Gasteiger partial charge in [-0.25, -0.2) is 0 Å². The normalized spacial score (nSPS) is 15.4. The van der Waals surface area contributed by atoms with Crippen molar-refractivity contribution < 1.29 is 19.1 Å². The van der Waals surface area contributed by atoms with E-state index in [1.165, 1.54) is 6.08 Å². The lowest BCUT2D eigenvalue weighted by molar-refractivity contribution is -0.123. The minimum absolute atomic E-state index is 0.0701. The molecular weight excluding hydrogens is 358 g/mol. The molecule has 0 radical (unpaired) electrons. The highest BCUT2D eigenvalue weighted by atomic mass is 16.5. The first kappa shape index (κ1) is 21.8. The summed E-state index contributed by atoms with van der Waals surface area (Å²) in [5.41, 5.74) is 0.811. The number of nitrogens with one attached hydrogen (secondary N) is 2. The molecule has 0 unspecified atom stereocenters. The van der Waals surface area contributed by atoms with Gasteiger partial charge in [-0.05, 0) is 37.5 Å². The first-order chi connectivity index (χ1) is 13.5. The van der Waals surface area contributed by atoms with E-state index < -0.39 is 0 Å². The molecule has 1 fully saturated rings. The van der Waals surface area contributed by atoms with E-state index in [1.807, 2.05) is 19.1 Å². The fraction of sp³-hybridized carbons (Fsp3) is 0.524. The highest BCUT2D eigenvalue weighted by Gasteiger charge is 2.21. The Kier molecular flexibility index (Phi) is 8.81. The number of piperidine rings is 1. The maximum absolute atomic E-state index is 12.2. The first-order valence-electron chi connectivity index (χ1n) is 9.75. The number of ether oxygens (including phenoxy) is 2. The summed E-state index contributed by atoms with van der Waals surface area (Å²) in [6.07, 6.45) is 5.88. The topological polar surface area (TPSA) is 79.9 Å². The molecule has 1 saturated heterocycles. The van der Waals surface area contributed by atoms with E-state index in [9.17, 15) is 9.59 Å². The Balaban J connectivity index is 1.78. The molecule has 1 aliphatic rings. The van der Waals surface area contributed by atoms with Gasteiger partial charge < -0.3 is 20.1 Å². The second kappa shape index (κ2) is 11.3. The van der Waals surface area contributed by atoms with Gasteiger partial charge in [0.15, 0.2) is 0 Å². The van der Waals surface area contributed by atoms with Crippen LogP contribution in [-0.2, 0) is 9.59 Å². The molecule has 2 N–H and O–H groups in total. The second-order valence-corrected chi connectivity index (χ2v) is 6.85. The molecule has 2 amide bonds. The predicted octanol–water partition coefficient (Wildman–Crippen LogP) is 1.82. The summed E-state index contributed by atoms with van der Waals surface area (Å²) in [7, 11) is 3.18. The molecule has 154 valence electrons. The Morgan fingerprint density at radius 1 is 1.21 bits per heavy atom. The number of benzene rings is 1. The fourth-order valence-electron chi connectivity index (χ4n) is 3.13. The summed E-state index contributed by atoms with van der Waals surface area (Å²) in [6.45, 7) is 4.79. The van der Waals surface area contributed by atoms with E-state index in [2.05, 4.69) is 15.5 Å². The van der Waals surface area contributed by atoms with Crippen LogP contribution in [0.25, 0.3) is 6.08 Å². The van der Waals surface area contributed by atoms with Gasteiger partial charge >= 0.3 is 0 Å². The molecule has 0 aromatic heterocycles. The Morgan fingerprint density at radius 2 is 1.96 bits per heavy atom. The average molecular weight is 389 g/mol. The maximum Gasteiger partial charge on any atom is 0.244 e. The molecule has 0 atom stereocenters. The molecule has 2 rings (SSSR count). The van der Waals surface area contributed by atoms with E-state index in [0.717, 1.165) is 44.5 Å². The van der Waals surface area contributed by atoms with Crippen LogP contribution in [0.15, 0.2) is 24.3 Å². The fourth-order valence-corrected chi connectivity index (χ4v) is 3.13. The van der Waals surface area contributed by atoms with Gasteiger partial charge in [0.1, 0.15) is 11.5 Å². The summed E-state index contributed by atoms with van der Waals surface area (Å²) >= 11 is 0. The molecule has 7 nitrogen and oxygen atoms in total. The zero-order valence-electron chi connectivity index (χ0n) is 17.0. The van der Waals surface area contributed by atoms with E-state index >= 15 is 0 Å². The number of carbonyl (C=O) groups is 2. The molecule has 1 heterocycles. The predicted molar refractivity (Wildman–Crippen MR) is 109 cm³/mol. The Labute approximate surface area is 167 Å². The van der Waals surface area contributed by atoms with Gasteiger partial charge in [0, 0.05) is 43.4 Å². The smallest absolute Gasteiger partial charge is 0.244 e. The monoisotopic (exact) mass is 389 g/mol. The molecule has 0 bridgehead atoms. The van der Waals surface area contributed by atoms with Gasteiger partial charge in [-0.3, -0.25) is 14.5 Å². The van der Waals surface area contributed by atoms with Crippen molar-refractivity contribution in [2.45, 2.75) is 32.2 Å². The highest BCUT2D eigenvalue weighted by Crippen LogP contribution is 2.25. The molecule has 1 aromatic rings. The zero-order chi connectivity index (χ0) is 20.4. The molecule has 7 heteroatoms. The van der Waals surface area contributed by atoms with Crippen LogP contribution in [0.1, 0.15) is 31.7 Å². The van der Waals surface area contributed by atoms with Crippen LogP contribution in [0.5, 0.6) is 11.5 Å². The van der Waals surface area contributed by atoms with Crippen molar-refractivity contribution >= 4 is 17.9 Å². The van der Waals surface area contributed by atoms with Crippen LogP contribution < -0.4 is 20.1 Å². The molecule has 1 aliphatic heterocycles. The standard InChI is InChI=1S/C21H31N3O4/c1-4-11-22-21(26)15-24-12-9-17(10-13-24)23-20(25)8-6-16-5-7-18(27-2)14-19(16)28-3/h5-8,14,17H,4,9-13,15H2,1-3H3,(H,22,26)(H,23,25)/b8-6+. The van der Waals surface area contributed by atoms with Crippen molar-refractivity contribution in [2.75, 3.05) is 40.4 Å². The number of methoxy groups -OCH3 is 2. The van der Waals surface area contributed by atoms with E-state index in [1.54, 1.807) is 26.4 Å². The number of nitrogens with zero attached hydrogens (tertiary/aromatic N) is 1. The molecule has 1 aromatic carbocycles. The Morgan fingerprint density at radius 3 is 2.61 bits per heavy atom. The van der Waals surface area contributed by atoms with Crippen LogP contribution in [0.2, 0.25) is 0 Å². The molecule has 0 saturated carbocycles. The number of hydrogen-bond acceptors (Lipinski definition) is 5. The zero-order valence-corrected chi connectivity index (χ0v) is 17.0. The minimum atomic E-state index is -0.128. The van der Waals surface area contributed by atoms with Crippen molar-refractivity contribution in [1.29, 1.82) is 0 Å². The third kappa shape index (κ3) is 6.88. The summed E-state index contributed by atoms with van der Waals surface area (Å²) in [5.74, 6) is 1.30. The van der Waals surface area contributed by atoms with E-state index in [0.29, 0.717) is 18.0 Å². The van der Waals surface area contributed by atoms with Crippen LogP contribution in [0.3, 0.4) is 0 Å². The quantitative estimate of drug-likeness (QED) is 0.630. The SMILES string of the molecule is CCCNC(=O)CN1CCC(NC(=O)/C=C/c2ccc(OC)cc2OC)CC1. The van der Waals surface area contributed by atoms with Crippen molar-refractivity contribution in [1.82, 2.24) is 15.5 Å². The number of amides is 2. The van der Waals surface area contributed by atoms with Gasteiger partial charge in [0.25, 0.3) is 0 Å². The van der Waals surface area contributed by atoms with E-state index in [-0.39, 0.29) is 17.9 Å². The maximum atomic E-state index is 12.2. The largest absolute Gasteiger partial charge is 0.497 e. The molecule has 0 spiro atoms. The van der Waals surface area contributed by atoms with Crippen molar-refractivity contribution in [3.05, 3.63) is 29.8 Å². The molecule has 28 heavy (non-hydrogen) atoms. The Hall–Kier alpha value is -2.54. The van der Waals surface area contributed by atoms with Crippen molar-refractivity contribution in [3.8, 4) is 11.5 Å². The third-order valence-electron chi connectivity index (χ3n) is 4.73. The van der Waals surface area contributed by atoms with Crippen LogP contribution in [0, 0.1) is 0 Å². The summed E-state index contributed by atoms with van der Waals surface area (Å²) in [6, 6.07) is 5.59. The Bertz CT molecular complexity index is 682. The van der Waals surface area contributed by atoms with Crippen LogP contribution >= 0.6 is 0 Å². The van der Waals surface area contributed by atoms with Gasteiger partial charge in [0.2, 0.25) is 11.8 Å². The number of hydrogen-bond donors (Lipinski definition) is 2. The number of carbonyl (C=O) groups excluding carboxylic acids is 2. The van der Waals surface area contributed by atoms with Crippen LogP contribution in [-0.4, -0.2) is 63.2 Å². The first-order valence-corrected chi connectivity index (χ1v) is 9.75. The molecule has 0 aliphatic carbocycles. The lowest BCUT2D eigenvalue weighted by atomic mass is 10.0. The van der Waals surface area contributed by atoms with Crippen LogP contribution in [0.4, 0.5) is 0 Å². The number of rotatable bonds is 9. The van der Waals surface area contributed by atoms with Gasteiger partial charge in [-0.2, -0.15) is 0 Å². The van der Waals surface area contributed by atoms with E-state index in [4.69, 9.17) is 9.47 Å². The number of likely N-dealkylation sites (tertiary alicyclic amines) is 1. The summed E-state index contributed by atoms with van der Waals surface area (Å²) in [5, 5.41) is 5.93. The molecular formula is C21H31N3O4. The van der Waals surface area contributed by atoms with Gasteiger partial charge in [0.05, 0.1) is 20.8 Å². The van der Waals surface area contributed by atoms with Crippen molar-refractivity contribution in [3.63, 3.8) is 0 Å². The summed E-state index contributed by atoms with van der Waals surface area (Å²) < 4.78 is 10.5. The minimum Gasteiger partial charge on any atom is -0.497 e. The second-order valence-electron chi connectivity index (χ2n) is 6.85. The lowest BCUT2D eigenvalue weighted by Crippen LogP contribution is -2.47. The van der Waals surface area contributed by atoms with Gasteiger partial charge in [-0.15, -0.1) is 0 Å². The highest BCUT2D eigenvalue weighted by molar-refractivity contribution is 5.92. The van der Waals surface area contributed by atoms with Gasteiger partial charge in [-0.1, -0.05) is 6.92 Å².